The number of rotatable bonds is 5. The van der Waals surface area contributed by atoms with E-state index in [1.807, 2.05) is 0 Å². The fraction of sp³-hybridized carbons (Fsp3) is 0.647. The normalized spacial score (nSPS) is 24.1. The monoisotopic (exact) mass is 261 g/mol. The summed E-state index contributed by atoms with van der Waals surface area (Å²) in [7, 11) is 0. The second kappa shape index (κ2) is 6.53. The number of ether oxygens (including phenoxy) is 1. The van der Waals surface area contributed by atoms with Gasteiger partial charge in [-0.25, -0.2) is 0 Å². The van der Waals surface area contributed by atoms with Crippen LogP contribution in [0.1, 0.15) is 58.1 Å². The van der Waals surface area contributed by atoms with Crippen LogP contribution in [-0.4, -0.2) is 18.2 Å². The Kier molecular flexibility index (Phi) is 5.00. The molecule has 1 fully saturated rings. The van der Waals surface area contributed by atoms with Crippen LogP contribution >= 0.6 is 0 Å². The van der Waals surface area contributed by atoms with Crippen molar-refractivity contribution < 1.29 is 4.74 Å². The Bertz CT molecular complexity index is 372. The smallest absolute Gasteiger partial charge is 0.0692 e. The van der Waals surface area contributed by atoms with Crippen molar-refractivity contribution in [3.8, 4) is 0 Å². The van der Waals surface area contributed by atoms with Crippen molar-refractivity contribution in [2.75, 3.05) is 6.61 Å². The van der Waals surface area contributed by atoms with Crippen LogP contribution in [0.3, 0.4) is 0 Å². The summed E-state index contributed by atoms with van der Waals surface area (Å²) in [6, 6.07) is 11.7. The zero-order valence-electron chi connectivity index (χ0n) is 12.5. The van der Waals surface area contributed by atoms with Crippen molar-refractivity contribution in [2.24, 2.45) is 0 Å². The first-order chi connectivity index (χ1) is 9.19. The lowest BCUT2D eigenvalue weighted by molar-refractivity contribution is -0.0939. The van der Waals surface area contributed by atoms with Crippen LogP contribution in [0.5, 0.6) is 0 Å². The van der Waals surface area contributed by atoms with Gasteiger partial charge in [-0.3, -0.25) is 0 Å². The lowest BCUT2D eigenvalue weighted by Crippen LogP contribution is -2.47. The van der Waals surface area contributed by atoms with Crippen LogP contribution in [0.4, 0.5) is 0 Å². The highest BCUT2D eigenvalue weighted by atomic mass is 16.5. The van der Waals surface area contributed by atoms with Gasteiger partial charge in [0.2, 0.25) is 0 Å². The molecule has 0 saturated carbocycles. The van der Waals surface area contributed by atoms with Gasteiger partial charge >= 0.3 is 0 Å². The molecule has 1 saturated heterocycles. The summed E-state index contributed by atoms with van der Waals surface area (Å²) in [5, 5.41) is 3.78. The van der Waals surface area contributed by atoms with Gasteiger partial charge in [0.1, 0.15) is 0 Å². The standard InChI is InChI=1S/C17H27NO/c1-4-17(5-2)13-16(11-12-19-17)18-14(3)15-9-7-6-8-10-15/h6-10,14,16,18H,4-5,11-13H2,1-3H3. The maximum absolute atomic E-state index is 6.04. The highest BCUT2D eigenvalue weighted by molar-refractivity contribution is 5.18. The highest BCUT2D eigenvalue weighted by Crippen LogP contribution is 2.32. The van der Waals surface area contributed by atoms with Crippen LogP contribution in [-0.2, 0) is 4.74 Å². The third-order valence-electron chi connectivity index (χ3n) is 4.57. The van der Waals surface area contributed by atoms with E-state index in [-0.39, 0.29) is 5.60 Å². The van der Waals surface area contributed by atoms with E-state index in [1.54, 1.807) is 0 Å². The summed E-state index contributed by atoms with van der Waals surface area (Å²) in [6.45, 7) is 7.63. The minimum absolute atomic E-state index is 0.103. The molecule has 1 aromatic rings. The van der Waals surface area contributed by atoms with Gasteiger partial charge in [-0.05, 0) is 38.2 Å². The van der Waals surface area contributed by atoms with Crippen LogP contribution in [0.15, 0.2) is 30.3 Å². The molecular weight excluding hydrogens is 234 g/mol. The molecule has 2 rings (SSSR count). The maximum atomic E-state index is 6.04. The fourth-order valence-electron chi connectivity index (χ4n) is 3.10. The van der Waals surface area contributed by atoms with Gasteiger partial charge in [0.05, 0.1) is 5.60 Å². The van der Waals surface area contributed by atoms with Crippen molar-refractivity contribution in [1.82, 2.24) is 5.32 Å². The van der Waals surface area contributed by atoms with E-state index in [4.69, 9.17) is 4.74 Å². The van der Waals surface area contributed by atoms with E-state index in [0.717, 1.165) is 32.3 Å². The van der Waals surface area contributed by atoms with Gasteiger partial charge in [-0.15, -0.1) is 0 Å². The zero-order chi connectivity index (χ0) is 13.7. The molecule has 1 heterocycles. The predicted molar refractivity (Wildman–Crippen MR) is 80.3 cm³/mol. The van der Waals surface area contributed by atoms with E-state index in [2.05, 4.69) is 56.4 Å². The van der Waals surface area contributed by atoms with Crippen molar-refractivity contribution in [2.45, 2.75) is 64.1 Å². The van der Waals surface area contributed by atoms with Gasteiger partial charge in [0.25, 0.3) is 0 Å². The molecule has 1 aliphatic rings. The summed E-state index contributed by atoms with van der Waals surface area (Å²) in [5.74, 6) is 0. The largest absolute Gasteiger partial charge is 0.375 e. The minimum atomic E-state index is 0.103. The Morgan fingerprint density at radius 3 is 2.58 bits per heavy atom. The molecule has 106 valence electrons. The summed E-state index contributed by atoms with van der Waals surface area (Å²) < 4.78 is 6.04. The molecule has 0 spiro atoms. The average molecular weight is 261 g/mol. The van der Waals surface area contributed by atoms with Crippen LogP contribution in [0, 0.1) is 0 Å². The average Bonchev–Trinajstić information content (AvgIpc) is 2.48. The van der Waals surface area contributed by atoms with Gasteiger partial charge in [-0.2, -0.15) is 0 Å². The molecule has 1 N–H and O–H groups in total. The Morgan fingerprint density at radius 2 is 1.95 bits per heavy atom. The summed E-state index contributed by atoms with van der Waals surface area (Å²) in [6.07, 6.45) is 4.49. The van der Waals surface area contributed by atoms with Crippen LogP contribution < -0.4 is 5.32 Å². The zero-order valence-corrected chi connectivity index (χ0v) is 12.5. The summed E-state index contributed by atoms with van der Waals surface area (Å²) in [5.41, 5.74) is 1.47. The third kappa shape index (κ3) is 3.58. The molecule has 1 aliphatic heterocycles. The van der Waals surface area contributed by atoms with Crippen molar-refractivity contribution in [1.29, 1.82) is 0 Å². The minimum Gasteiger partial charge on any atom is -0.375 e. The van der Waals surface area contributed by atoms with Crippen molar-refractivity contribution in [3.05, 3.63) is 35.9 Å². The molecule has 1 aromatic carbocycles. The molecule has 2 unspecified atom stereocenters. The van der Waals surface area contributed by atoms with Gasteiger partial charge in [0.15, 0.2) is 0 Å². The van der Waals surface area contributed by atoms with E-state index in [0.29, 0.717) is 12.1 Å². The van der Waals surface area contributed by atoms with Gasteiger partial charge in [-0.1, -0.05) is 44.2 Å². The van der Waals surface area contributed by atoms with Gasteiger partial charge in [0, 0.05) is 18.7 Å². The Morgan fingerprint density at radius 1 is 1.26 bits per heavy atom. The van der Waals surface area contributed by atoms with Crippen molar-refractivity contribution in [3.63, 3.8) is 0 Å². The number of benzene rings is 1. The topological polar surface area (TPSA) is 21.3 Å². The Labute approximate surface area is 117 Å². The maximum Gasteiger partial charge on any atom is 0.0692 e. The lowest BCUT2D eigenvalue weighted by atomic mass is 9.85. The first kappa shape index (κ1) is 14.5. The SMILES string of the molecule is CCC1(CC)CC(NC(C)c2ccccc2)CCO1. The lowest BCUT2D eigenvalue weighted by Gasteiger charge is -2.41. The van der Waals surface area contributed by atoms with Crippen LogP contribution in [0.25, 0.3) is 0 Å². The van der Waals surface area contributed by atoms with E-state index < -0.39 is 0 Å². The quantitative estimate of drug-likeness (QED) is 0.862. The molecule has 2 nitrogen and oxygen atoms in total. The molecule has 2 heteroatoms. The van der Waals surface area contributed by atoms with Gasteiger partial charge < -0.3 is 10.1 Å². The highest BCUT2D eigenvalue weighted by Gasteiger charge is 2.34. The summed E-state index contributed by atoms with van der Waals surface area (Å²) >= 11 is 0. The predicted octanol–water partition coefficient (Wildman–Crippen LogP) is 4.08. The molecular formula is C17H27NO. The van der Waals surface area contributed by atoms with Crippen LogP contribution in [0.2, 0.25) is 0 Å². The van der Waals surface area contributed by atoms with E-state index in [9.17, 15) is 0 Å². The first-order valence-corrected chi connectivity index (χ1v) is 7.64. The van der Waals surface area contributed by atoms with E-state index >= 15 is 0 Å². The Balaban J connectivity index is 1.96. The molecule has 0 aliphatic carbocycles. The first-order valence-electron chi connectivity index (χ1n) is 7.64. The molecule has 0 bridgehead atoms. The molecule has 0 radical (unpaired) electrons. The second-order valence-corrected chi connectivity index (χ2v) is 5.73. The number of hydrogen-bond donors (Lipinski definition) is 1. The van der Waals surface area contributed by atoms with Crippen molar-refractivity contribution >= 4 is 0 Å². The fourth-order valence-corrected chi connectivity index (χ4v) is 3.10. The Hall–Kier alpha value is -0.860. The van der Waals surface area contributed by atoms with E-state index in [1.165, 1.54) is 5.56 Å². The number of nitrogens with one attached hydrogen (secondary N) is 1. The molecule has 19 heavy (non-hydrogen) atoms. The second-order valence-electron chi connectivity index (χ2n) is 5.73. The molecule has 0 aromatic heterocycles. The molecule has 2 atom stereocenters. The molecule has 0 amide bonds. The third-order valence-corrected chi connectivity index (χ3v) is 4.57. The number of hydrogen-bond acceptors (Lipinski definition) is 2. The summed E-state index contributed by atoms with van der Waals surface area (Å²) in [4.78, 5) is 0.